The lowest BCUT2D eigenvalue weighted by Gasteiger charge is -2.22. The summed E-state index contributed by atoms with van der Waals surface area (Å²) in [6, 6.07) is 5.39. The molecular weight excluding hydrogens is 296 g/mol. The van der Waals surface area contributed by atoms with E-state index in [0.29, 0.717) is 5.25 Å². The lowest BCUT2D eigenvalue weighted by atomic mass is 10.0. The highest BCUT2D eigenvalue weighted by atomic mass is 32.2. The Hall–Kier alpha value is -1.07. The number of thioether (sulfide) groups is 1. The van der Waals surface area contributed by atoms with Gasteiger partial charge in [0.15, 0.2) is 0 Å². The van der Waals surface area contributed by atoms with E-state index < -0.39 is 0 Å². The van der Waals surface area contributed by atoms with Crippen LogP contribution in [-0.4, -0.2) is 35.7 Å². The van der Waals surface area contributed by atoms with Crippen LogP contribution in [0.25, 0.3) is 0 Å². The fourth-order valence-corrected chi connectivity index (χ4v) is 4.33. The third-order valence-electron chi connectivity index (χ3n) is 4.15. The Balaban J connectivity index is 2.09. The van der Waals surface area contributed by atoms with Crippen molar-refractivity contribution in [2.45, 2.75) is 55.1 Å². The number of non-ortho nitro benzene ring substituents is 1. The van der Waals surface area contributed by atoms with Crippen molar-refractivity contribution in [2.75, 3.05) is 20.6 Å². The van der Waals surface area contributed by atoms with Crippen molar-refractivity contribution in [3.63, 3.8) is 0 Å². The molecule has 0 N–H and O–H groups in total. The molecule has 0 saturated heterocycles. The molecule has 0 aromatic heterocycles. The van der Waals surface area contributed by atoms with Crippen LogP contribution in [0, 0.1) is 10.1 Å². The Kier molecular flexibility index (Phi) is 6.70. The largest absolute Gasteiger partial charge is 0.309 e. The molecule has 1 aromatic carbocycles. The van der Waals surface area contributed by atoms with Crippen molar-refractivity contribution >= 4 is 17.4 Å². The van der Waals surface area contributed by atoms with Gasteiger partial charge in [-0.05, 0) is 58.0 Å². The highest BCUT2D eigenvalue weighted by Crippen LogP contribution is 2.36. The van der Waals surface area contributed by atoms with Crippen LogP contribution in [0.4, 0.5) is 5.69 Å². The fourth-order valence-electron chi connectivity index (χ4n) is 2.94. The Labute approximate surface area is 137 Å². The number of nitro groups is 1. The van der Waals surface area contributed by atoms with Gasteiger partial charge in [-0.1, -0.05) is 19.3 Å². The van der Waals surface area contributed by atoms with Gasteiger partial charge in [0.25, 0.3) is 5.69 Å². The van der Waals surface area contributed by atoms with E-state index in [1.54, 1.807) is 12.1 Å². The minimum absolute atomic E-state index is 0.216. The van der Waals surface area contributed by atoms with Gasteiger partial charge in [-0.3, -0.25) is 10.1 Å². The summed E-state index contributed by atoms with van der Waals surface area (Å²) in [5.74, 6) is 0. The van der Waals surface area contributed by atoms with Crippen molar-refractivity contribution in [3.8, 4) is 0 Å². The molecule has 22 heavy (non-hydrogen) atoms. The van der Waals surface area contributed by atoms with E-state index in [2.05, 4.69) is 19.0 Å². The molecule has 0 unspecified atom stereocenters. The molecule has 0 atom stereocenters. The van der Waals surface area contributed by atoms with Crippen LogP contribution in [0.2, 0.25) is 0 Å². The van der Waals surface area contributed by atoms with Gasteiger partial charge < -0.3 is 4.90 Å². The van der Waals surface area contributed by atoms with Crippen molar-refractivity contribution in [1.29, 1.82) is 0 Å². The van der Waals surface area contributed by atoms with Crippen LogP contribution < -0.4 is 0 Å². The number of hydrogen-bond acceptors (Lipinski definition) is 4. The van der Waals surface area contributed by atoms with Gasteiger partial charge >= 0.3 is 0 Å². The first kappa shape index (κ1) is 17.3. The van der Waals surface area contributed by atoms with Gasteiger partial charge in [0.2, 0.25) is 0 Å². The summed E-state index contributed by atoms with van der Waals surface area (Å²) in [6.45, 7) is 1.01. The zero-order valence-electron chi connectivity index (χ0n) is 13.6. The average molecular weight is 322 g/mol. The van der Waals surface area contributed by atoms with E-state index in [4.69, 9.17) is 0 Å². The maximum Gasteiger partial charge on any atom is 0.269 e. The molecule has 0 radical (unpaired) electrons. The standard InChI is InChI=1S/C17H26N2O2S/c1-18(2)12-6-7-14-13-15(19(20)21)10-11-17(14)22-16-8-4-3-5-9-16/h10-11,13,16H,3-9,12H2,1-2H3. The summed E-state index contributed by atoms with van der Waals surface area (Å²) in [5.41, 5.74) is 1.36. The summed E-state index contributed by atoms with van der Waals surface area (Å²) in [6.07, 6.45) is 8.49. The van der Waals surface area contributed by atoms with Gasteiger partial charge in [-0.2, -0.15) is 0 Å². The minimum atomic E-state index is -0.287. The SMILES string of the molecule is CN(C)CCCc1cc([N+](=O)[O-])ccc1SC1CCCCC1. The predicted molar refractivity (Wildman–Crippen MR) is 92.7 cm³/mol. The lowest BCUT2D eigenvalue weighted by molar-refractivity contribution is -0.385. The van der Waals surface area contributed by atoms with Crippen molar-refractivity contribution in [2.24, 2.45) is 0 Å². The van der Waals surface area contributed by atoms with E-state index in [-0.39, 0.29) is 10.6 Å². The van der Waals surface area contributed by atoms with Gasteiger partial charge in [0.1, 0.15) is 0 Å². The monoisotopic (exact) mass is 322 g/mol. The average Bonchev–Trinajstić information content (AvgIpc) is 2.49. The summed E-state index contributed by atoms with van der Waals surface area (Å²) >= 11 is 1.93. The van der Waals surface area contributed by atoms with E-state index in [9.17, 15) is 10.1 Å². The summed E-state index contributed by atoms with van der Waals surface area (Å²) in [4.78, 5) is 14.1. The molecule has 0 spiro atoms. The molecule has 0 aliphatic heterocycles. The molecular formula is C17H26N2O2S. The van der Waals surface area contributed by atoms with Crippen LogP contribution in [0.1, 0.15) is 44.1 Å². The zero-order chi connectivity index (χ0) is 15.9. The summed E-state index contributed by atoms with van der Waals surface area (Å²) < 4.78 is 0. The van der Waals surface area contributed by atoms with E-state index in [1.807, 2.05) is 17.8 Å². The van der Waals surface area contributed by atoms with Crippen LogP contribution >= 0.6 is 11.8 Å². The fraction of sp³-hybridized carbons (Fsp3) is 0.647. The topological polar surface area (TPSA) is 46.4 Å². The molecule has 0 bridgehead atoms. The second kappa shape index (κ2) is 8.53. The van der Waals surface area contributed by atoms with Crippen LogP contribution in [0.5, 0.6) is 0 Å². The molecule has 1 aliphatic rings. The Morgan fingerprint density at radius 2 is 2.00 bits per heavy atom. The number of benzene rings is 1. The third-order valence-corrected chi connectivity index (χ3v) is 5.61. The second-order valence-electron chi connectivity index (χ2n) is 6.33. The number of aryl methyl sites for hydroxylation is 1. The van der Waals surface area contributed by atoms with E-state index in [1.165, 1.54) is 37.0 Å². The van der Waals surface area contributed by atoms with Crippen LogP contribution in [-0.2, 0) is 6.42 Å². The highest BCUT2D eigenvalue weighted by Gasteiger charge is 2.18. The summed E-state index contributed by atoms with van der Waals surface area (Å²) in [7, 11) is 4.12. The first-order valence-corrected chi connectivity index (χ1v) is 9.03. The van der Waals surface area contributed by atoms with Crippen molar-refractivity contribution in [3.05, 3.63) is 33.9 Å². The molecule has 1 aromatic rings. The number of nitrogens with zero attached hydrogens (tertiary/aromatic N) is 2. The molecule has 1 fully saturated rings. The Morgan fingerprint density at radius 1 is 1.27 bits per heavy atom. The quantitative estimate of drug-likeness (QED) is 0.547. The number of rotatable bonds is 7. The first-order chi connectivity index (χ1) is 10.6. The second-order valence-corrected chi connectivity index (χ2v) is 7.68. The number of hydrogen-bond donors (Lipinski definition) is 0. The maximum absolute atomic E-state index is 11.0. The van der Waals surface area contributed by atoms with E-state index in [0.717, 1.165) is 24.9 Å². The Bertz CT molecular complexity index is 499. The van der Waals surface area contributed by atoms with Gasteiger partial charge in [0, 0.05) is 22.3 Å². The molecule has 2 rings (SSSR count). The smallest absolute Gasteiger partial charge is 0.269 e. The minimum Gasteiger partial charge on any atom is -0.309 e. The summed E-state index contributed by atoms with van der Waals surface area (Å²) in [5, 5.41) is 11.7. The molecule has 1 saturated carbocycles. The predicted octanol–water partition coefficient (Wildman–Crippen LogP) is 4.51. The van der Waals surface area contributed by atoms with Crippen molar-refractivity contribution in [1.82, 2.24) is 4.90 Å². The highest BCUT2D eigenvalue weighted by molar-refractivity contribution is 8.00. The normalized spacial score (nSPS) is 16.1. The molecule has 5 heteroatoms. The molecule has 0 amide bonds. The Morgan fingerprint density at radius 3 is 2.64 bits per heavy atom. The van der Waals surface area contributed by atoms with Gasteiger partial charge in [-0.25, -0.2) is 0 Å². The molecule has 4 nitrogen and oxygen atoms in total. The molecule has 122 valence electrons. The van der Waals surface area contributed by atoms with Crippen molar-refractivity contribution < 1.29 is 4.92 Å². The number of nitro benzene ring substituents is 1. The first-order valence-electron chi connectivity index (χ1n) is 8.15. The zero-order valence-corrected chi connectivity index (χ0v) is 14.4. The van der Waals surface area contributed by atoms with Gasteiger partial charge in [0.05, 0.1) is 4.92 Å². The lowest BCUT2D eigenvalue weighted by Crippen LogP contribution is -2.14. The van der Waals surface area contributed by atoms with E-state index >= 15 is 0 Å². The maximum atomic E-state index is 11.0. The molecule has 0 heterocycles. The molecule has 1 aliphatic carbocycles. The van der Waals surface area contributed by atoms with Crippen LogP contribution in [0.3, 0.4) is 0 Å². The third kappa shape index (κ3) is 5.29. The van der Waals surface area contributed by atoms with Crippen LogP contribution in [0.15, 0.2) is 23.1 Å². The van der Waals surface area contributed by atoms with Gasteiger partial charge in [-0.15, -0.1) is 11.8 Å².